The van der Waals surface area contributed by atoms with E-state index in [0.717, 1.165) is 6.07 Å². The van der Waals surface area contributed by atoms with E-state index in [1.807, 2.05) is 0 Å². The Morgan fingerprint density at radius 2 is 1.91 bits per heavy atom. The van der Waals surface area contributed by atoms with E-state index in [0.29, 0.717) is 17.8 Å². The fourth-order valence-electron chi connectivity index (χ4n) is 4.64. The Hall–Kier alpha value is -3.89. The number of carbonyl (C=O) groups is 3. The third kappa shape index (κ3) is 4.58. The molecule has 1 aromatic rings. The molecular weight excluding hydrogens is 460 g/mol. The molecule has 1 aliphatic carbocycles. The van der Waals surface area contributed by atoms with Crippen molar-refractivity contribution < 1.29 is 38.6 Å². The second kappa shape index (κ2) is 9.77. The van der Waals surface area contributed by atoms with Gasteiger partial charge >= 0.3 is 17.6 Å². The maximum atomic E-state index is 13.7. The number of aromatic hydroxyl groups is 1. The predicted molar refractivity (Wildman–Crippen MR) is 122 cm³/mol. The number of ether oxygens (including phenoxy) is 3. The van der Waals surface area contributed by atoms with Crippen molar-refractivity contribution in [2.45, 2.75) is 46.1 Å². The summed E-state index contributed by atoms with van der Waals surface area (Å²) in [4.78, 5) is 50.3. The first-order chi connectivity index (χ1) is 16.4. The van der Waals surface area contributed by atoms with Crippen molar-refractivity contribution in [2.75, 3.05) is 14.2 Å². The molecule has 0 saturated carbocycles. The lowest BCUT2D eigenvalue weighted by molar-refractivity contribution is -0.386. The van der Waals surface area contributed by atoms with E-state index in [-0.39, 0.29) is 28.4 Å². The number of nitro groups is 1. The standard InChI is InChI=1S/C24H28N2O9/c1-10(2)35-24(30)18-12(4)25-14-7-11(3)17(23(29)34-6)22(28)20(14)19(18)13-8-15(26(31)32)21(27)16(9-13)33-5/h8-11,17,19,25,27H,7H2,1-6H3/t11-,17+,19+/m1/s1. The second-order valence-corrected chi connectivity index (χ2v) is 8.84. The maximum Gasteiger partial charge on any atom is 0.337 e. The van der Waals surface area contributed by atoms with Gasteiger partial charge in [-0.3, -0.25) is 19.7 Å². The minimum absolute atomic E-state index is 0.0611. The first kappa shape index (κ1) is 25.7. The summed E-state index contributed by atoms with van der Waals surface area (Å²) in [6, 6.07) is 2.42. The van der Waals surface area contributed by atoms with Crippen LogP contribution in [-0.4, -0.2) is 48.1 Å². The highest BCUT2D eigenvalue weighted by Crippen LogP contribution is 2.48. The molecule has 3 atom stereocenters. The van der Waals surface area contributed by atoms with Crippen molar-refractivity contribution in [3.05, 3.63) is 50.4 Å². The van der Waals surface area contributed by atoms with Gasteiger partial charge in [-0.25, -0.2) is 4.79 Å². The highest BCUT2D eigenvalue weighted by molar-refractivity contribution is 6.12. The topological polar surface area (TPSA) is 154 Å². The number of rotatable bonds is 6. The van der Waals surface area contributed by atoms with E-state index in [1.165, 1.54) is 20.3 Å². The zero-order valence-electron chi connectivity index (χ0n) is 20.3. The zero-order valence-corrected chi connectivity index (χ0v) is 20.3. The molecule has 1 aromatic carbocycles. The van der Waals surface area contributed by atoms with Crippen LogP contribution in [0.4, 0.5) is 5.69 Å². The molecule has 1 aliphatic heterocycles. The van der Waals surface area contributed by atoms with E-state index in [9.17, 15) is 29.6 Å². The molecule has 0 saturated heterocycles. The molecule has 2 aliphatic rings. The number of methoxy groups -OCH3 is 2. The molecule has 0 aromatic heterocycles. The van der Waals surface area contributed by atoms with Gasteiger partial charge in [0.05, 0.1) is 30.8 Å². The van der Waals surface area contributed by atoms with Crippen molar-refractivity contribution >= 4 is 23.4 Å². The quantitative estimate of drug-likeness (QED) is 0.264. The molecule has 0 bridgehead atoms. The van der Waals surface area contributed by atoms with Crippen LogP contribution in [0.3, 0.4) is 0 Å². The molecule has 0 fully saturated rings. The Bertz CT molecular complexity index is 1170. The first-order valence-electron chi connectivity index (χ1n) is 11.0. The number of esters is 2. The molecular formula is C24H28N2O9. The summed E-state index contributed by atoms with van der Waals surface area (Å²) in [5.41, 5.74) is 0.580. The Labute approximate surface area is 201 Å². The summed E-state index contributed by atoms with van der Waals surface area (Å²) in [6.45, 7) is 6.72. The van der Waals surface area contributed by atoms with Crippen molar-refractivity contribution in [3.8, 4) is 11.5 Å². The lowest BCUT2D eigenvalue weighted by Gasteiger charge is -2.38. The summed E-state index contributed by atoms with van der Waals surface area (Å²) in [6.07, 6.45) is -0.175. The monoisotopic (exact) mass is 488 g/mol. The normalized spacial score (nSPS) is 21.9. The van der Waals surface area contributed by atoms with E-state index in [4.69, 9.17) is 14.2 Å². The zero-order chi connectivity index (χ0) is 26.2. The summed E-state index contributed by atoms with van der Waals surface area (Å²) in [7, 11) is 2.41. The number of Topliss-reactive ketones (excluding diaryl/α,β-unsaturated/α-hetero) is 1. The number of phenols is 1. The fourth-order valence-corrected chi connectivity index (χ4v) is 4.64. The van der Waals surface area contributed by atoms with Gasteiger partial charge in [0.15, 0.2) is 11.5 Å². The molecule has 11 nitrogen and oxygen atoms in total. The van der Waals surface area contributed by atoms with Gasteiger partial charge in [0.25, 0.3) is 0 Å². The number of hydrogen-bond acceptors (Lipinski definition) is 10. The minimum atomic E-state index is -1.11. The van der Waals surface area contributed by atoms with Gasteiger partial charge in [0, 0.05) is 29.0 Å². The van der Waals surface area contributed by atoms with Crippen LogP contribution in [0.1, 0.15) is 45.6 Å². The van der Waals surface area contributed by atoms with Crippen LogP contribution in [0, 0.1) is 22.0 Å². The number of nitrogens with zero attached hydrogens (tertiary/aromatic N) is 1. The predicted octanol–water partition coefficient (Wildman–Crippen LogP) is 2.87. The Morgan fingerprint density at radius 3 is 2.46 bits per heavy atom. The molecule has 0 spiro atoms. The number of nitro benzene ring substituents is 1. The summed E-state index contributed by atoms with van der Waals surface area (Å²) in [5.74, 6) is -5.49. The molecule has 0 amide bonds. The fraction of sp³-hybridized carbons (Fsp3) is 0.458. The van der Waals surface area contributed by atoms with Crippen molar-refractivity contribution in [2.24, 2.45) is 11.8 Å². The third-order valence-electron chi connectivity index (χ3n) is 6.13. The van der Waals surface area contributed by atoms with Crippen LogP contribution in [0.2, 0.25) is 0 Å². The number of dihydropyridines is 1. The van der Waals surface area contributed by atoms with Gasteiger partial charge in [0.2, 0.25) is 5.75 Å². The second-order valence-electron chi connectivity index (χ2n) is 8.84. The lowest BCUT2D eigenvalue weighted by Crippen LogP contribution is -2.43. The number of phenolic OH excluding ortho intramolecular Hbond substituents is 1. The number of allylic oxidation sites excluding steroid dienone is 3. The smallest absolute Gasteiger partial charge is 0.337 e. The molecule has 188 valence electrons. The number of hydrogen-bond donors (Lipinski definition) is 2. The SMILES string of the molecule is COC(=O)[C@@H]1C(=O)C2=C(C[C@H]1C)NC(C)=C(C(=O)OC(C)C)[C@@H]2c1cc(OC)c(O)c([N+](=O)[O-])c1. The average molecular weight is 488 g/mol. The highest BCUT2D eigenvalue weighted by Gasteiger charge is 2.47. The minimum Gasteiger partial charge on any atom is -0.500 e. The number of nitrogens with one attached hydrogen (secondary N) is 1. The molecule has 11 heteroatoms. The molecule has 3 rings (SSSR count). The van der Waals surface area contributed by atoms with E-state index >= 15 is 0 Å². The van der Waals surface area contributed by atoms with Crippen molar-refractivity contribution in [3.63, 3.8) is 0 Å². The van der Waals surface area contributed by atoms with Gasteiger partial charge in [-0.05, 0) is 44.7 Å². The largest absolute Gasteiger partial charge is 0.500 e. The maximum absolute atomic E-state index is 13.7. The van der Waals surface area contributed by atoms with Crippen LogP contribution in [0.25, 0.3) is 0 Å². The number of benzene rings is 1. The number of carbonyl (C=O) groups excluding carboxylic acids is 3. The molecule has 35 heavy (non-hydrogen) atoms. The van der Waals surface area contributed by atoms with Gasteiger partial charge in [0.1, 0.15) is 5.92 Å². The third-order valence-corrected chi connectivity index (χ3v) is 6.13. The van der Waals surface area contributed by atoms with Gasteiger partial charge in [-0.15, -0.1) is 0 Å². The van der Waals surface area contributed by atoms with Gasteiger partial charge < -0.3 is 24.6 Å². The number of ketones is 1. The molecule has 1 heterocycles. The van der Waals surface area contributed by atoms with Crippen LogP contribution < -0.4 is 10.1 Å². The Morgan fingerprint density at radius 1 is 1.26 bits per heavy atom. The molecule has 0 unspecified atom stereocenters. The highest BCUT2D eigenvalue weighted by atomic mass is 16.6. The van der Waals surface area contributed by atoms with Crippen LogP contribution >= 0.6 is 0 Å². The van der Waals surface area contributed by atoms with Gasteiger partial charge in [-0.2, -0.15) is 0 Å². The van der Waals surface area contributed by atoms with E-state index in [2.05, 4.69) is 5.32 Å². The molecule has 0 radical (unpaired) electrons. The van der Waals surface area contributed by atoms with Crippen molar-refractivity contribution in [1.29, 1.82) is 0 Å². The summed E-state index contributed by atoms with van der Waals surface area (Å²) >= 11 is 0. The van der Waals surface area contributed by atoms with Crippen LogP contribution in [0.15, 0.2) is 34.7 Å². The summed E-state index contributed by atoms with van der Waals surface area (Å²) in [5, 5.41) is 25.0. The Balaban J connectivity index is 2.32. The lowest BCUT2D eigenvalue weighted by atomic mass is 9.69. The first-order valence-corrected chi connectivity index (χ1v) is 11.0. The molecule has 2 N–H and O–H groups in total. The Kier molecular flexibility index (Phi) is 7.18. The van der Waals surface area contributed by atoms with Crippen molar-refractivity contribution in [1.82, 2.24) is 5.32 Å². The summed E-state index contributed by atoms with van der Waals surface area (Å²) < 4.78 is 15.4. The van der Waals surface area contributed by atoms with Crippen LogP contribution in [0.5, 0.6) is 11.5 Å². The average Bonchev–Trinajstić information content (AvgIpc) is 2.77. The van der Waals surface area contributed by atoms with E-state index < -0.39 is 52.0 Å². The van der Waals surface area contributed by atoms with Crippen LogP contribution in [-0.2, 0) is 23.9 Å². The van der Waals surface area contributed by atoms with E-state index in [1.54, 1.807) is 27.7 Å². The van der Waals surface area contributed by atoms with Gasteiger partial charge in [-0.1, -0.05) is 6.92 Å².